The van der Waals surface area contributed by atoms with Crippen LogP contribution in [0.3, 0.4) is 0 Å². The predicted molar refractivity (Wildman–Crippen MR) is 86.6 cm³/mol. The van der Waals surface area contributed by atoms with Gasteiger partial charge in [0.15, 0.2) is 0 Å². The second kappa shape index (κ2) is 5.40. The van der Waals surface area contributed by atoms with Crippen molar-refractivity contribution >= 4 is 5.69 Å². The Kier molecular flexibility index (Phi) is 3.76. The first kappa shape index (κ1) is 13.9. The second-order valence-electron chi connectivity index (χ2n) is 7.40. The number of hydrogen-bond donors (Lipinski definition) is 0. The van der Waals surface area contributed by atoms with E-state index in [0.29, 0.717) is 0 Å². The molecule has 3 rings (SSSR count). The van der Waals surface area contributed by atoms with Gasteiger partial charge in [0.1, 0.15) is 0 Å². The Bertz CT molecular complexity index is 431. The van der Waals surface area contributed by atoms with Gasteiger partial charge in [0.2, 0.25) is 0 Å². The maximum atomic E-state index is 2.67. The van der Waals surface area contributed by atoms with Gasteiger partial charge >= 0.3 is 0 Å². The van der Waals surface area contributed by atoms with Crippen LogP contribution in [-0.4, -0.2) is 37.1 Å². The molecule has 2 heteroatoms. The van der Waals surface area contributed by atoms with Gasteiger partial charge in [0.05, 0.1) is 0 Å². The first-order valence-electron chi connectivity index (χ1n) is 8.13. The summed E-state index contributed by atoms with van der Waals surface area (Å²) in [5.41, 5.74) is 3.08. The van der Waals surface area contributed by atoms with Crippen LogP contribution >= 0.6 is 0 Å². The molecule has 0 unspecified atom stereocenters. The molecule has 0 spiro atoms. The van der Waals surface area contributed by atoms with E-state index in [4.69, 9.17) is 0 Å². The largest absolute Gasteiger partial charge is 0.371 e. The topological polar surface area (TPSA) is 6.48 Å². The average molecular weight is 272 g/mol. The van der Waals surface area contributed by atoms with Crippen LogP contribution in [0.4, 0.5) is 5.69 Å². The zero-order chi connectivity index (χ0) is 14.2. The molecular weight excluding hydrogens is 244 g/mol. The molecule has 2 nitrogen and oxygen atoms in total. The lowest BCUT2D eigenvalue weighted by molar-refractivity contribution is 0.100. The SMILES string of the molecule is CC(C)(C)c1ccc(N2CCC(N3CCC3)CC2)cc1. The number of anilines is 1. The summed E-state index contributed by atoms with van der Waals surface area (Å²) in [6, 6.07) is 10.1. The molecule has 0 aromatic heterocycles. The third-order valence-corrected chi connectivity index (χ3v) is 4.97. The fourth-order valence-corrected chi connectivity index (χ4v) is 3.37. The highest BCUT2D eigenvalue weighted by Crippen LogP contribution is 2.28. The standard InChI is InChI=1S/C18H28N2/c1-18(2,3)15-5-7-16(8-6-15)20-13-9-17(10-14-20)19-11-4-12-19/h5-8,17H,4,9-14H2,1-3H3. The van der Waals surface area contributed by atoms with Gasteiger partial charge in [-0.3, -0.25) is 0 Å². The molecule has 2 aliphatic rings. The van der Waals surface area contributed by atoms with Gasteiger partial charge in [-0.2, -0.15) is 0 Å². The van der Waals surface area contributed by atoms with Crippen molar-refractivity contribution in [3.63, 3.8) is 0 Å². The summed E-state index contributed by atoms with van der Waals surface area (Å²) in [6.45, 7) is 11.9. The van der Waals surface area contributed by atoms with Crippen LogP contribution in [0.2, 0.25) is 0 Å². The minimum atomic E-state index is 0.253. The van der Waals surface area contributed by atoms with E-state index >= 15 is 0 Å². The van der Waals surface area contributed by atoms with E-state index in [1.807, 2.05) is 0 Å². The van der Waals surface area contributed by atoms with Gasteiger partial charge in [-0.05, 0) is 55.5 Å². The van der Waals surface area contributed by atoms with Gasteiger partial charge in [0, 0.05) is 24.8 Å². The summed E-state index contributed by atoms with van der Waals surface area (Å²) in [5, 5.41) is 0. The lowest BCUT2D eigenvalue weighted by atomic mass is 9.87. The first-order chi connectivity index (χ1) is 9.54. The van der Waals surface area contributed by atoms with E-state index in [1.54, 1.807) is 0 Å². The second-order valence-corrected chi connectivity index (χ2v) is 7.40. The summed E-state index contributed by atoms with van der Waals surface area (Å²) in [6.07, 6.45) is 4.08. The molecule has 0 aliphatic carbocycles. The Balaban J connectivity index is 1.60. The Labute approximate surface area is 123 Å². The molecule has 0 radical (unpaired) electrons. The number of rotatable bonds is 2. The highest BCUT2D eigenvalue weighted by molar-refractivity contribution is 5.49. The van der Waals surface area contributed by atoms with Crippen molar-refractivity contribution in [2.75, 3.05) is 31.1 Å². The Morgan fingerprint density at radius 1 is 0.900 bits per heavy atom. The molecule has 0 atom stereocenters. The van der Waals surface area contributed by atoms with Crippen molar-refractivity contribution in [2.45, 2.75) is 51.5 Å². The lowest BCUT2D eigenvalue weighted by Gasteiger charge is -2.43. The summed E-state index contributed by atoms with van der Waals surface area (Å²) < 4.78 is 0. The van der Waals surface area contributed by atoms with Crippen LogP contribution in [0.25, 0.3) is 0 Å². The van der Waals surface area contributed by atoms with Crippen LogP contribution in [0.5, 0.6) is 0 Å². The van der Waals surface area contributed by atoms with Gasteiger partial charge in [-0.15, -0.1) is 0 Å². The third-order valence-electron chi connectivity index (χ3n) is 4.97. The Hall–Kier alpha value is -1.02. The van der Waals surface area contributed by atoms with Crippen molar-refractivity contribution in [3.05, 3.63) is 29.8 Å². The van der Waals surface area contributed by atoms with Gasteiger partial charge in [-0.25, -0.2) is 0 Å². The molecule has 0 bridgehead atoms. The molecule has 0 saturated carbocycles. The van der Waals surface area contributed by atoms with E-state index in [1.165, 1.54) is 56.7 Å². The summed E-state index contributed by atoms with van der Waals surface area (Å²) in [4.78, 5) is 5.22. The molecule has 2 heterocycles. The van der Waals surface area contributed by atoms with E-state index in [0.717, 1.165) is 6.04 Å². The number of hydrogen-bond acceptors (Lipinski definition) is 2. The summed E-state index contributed by atoms with van der Waals surface area (Å²) in [7, 11) is 0. The van der Waals surface area contributed by atoms with Crippen LogP contribution in [0.1, 0.15) is 45.6 Å². The summed E-state index contributed by atoms with van der Waals surface area (Å²) in [5.74, 6) is 0. The maximum absolute atomic E-state index is 2.67. The quantitative estimate of drug-likeness (QED) is 0.810. The molecule has 1 aromatic carbocycles. The Morgan fingerprint density at radius 3 is 1.95 bits per heavy atom. The van der Waals surface area contributed by atoms with Crippen LogP contribution in [0.15, 0.2) is 24.3 Å². The summed E-state index contributed by atoms with van der Waals surface area (Å²) >= 11 is 0. The van der Waals surface area contributed by atoms with Crippen molar-refractivity contribution in [1.82, 2.24) is 4.90 Å². The van der Waals surface area contributed by atoms with Crippen LogP contribution in [-0.2, 0) is 5.41 Å². The van der Waals surface area contributed by atoms with E-state index in [9.17, 15) is 0 Å². The lowest BCUT2D eigenvalue weighted by Crippen LogP contribution is -2.50. The molecule has 0 amide bonds. The van der Waals surface area contributed by atoms with Crippen molar-refractivity contribution in [2.24, 2.45) is 0 Å². The Morgan fingerprint density at radius 2 is 1.50 bits per heavy atom. The van der Waals surface area contributed by atoms with Gasteiger partial charge in [-0.1, -0.05) is 32.9 Å². The zero-order valence-corrected chi connectivity index (χ0v) is 13.2. The van der Waals surface area contributed by atoms with E-state index < -0.39 is 0 Å². The normalized spacial score (nSPS) is 21.9. The molecule has 2 fully saturated rings. The fraction of sp³-hybridized carbons (Fsp3) is 0.667. The molecule has 0 N–H and O–H groups in total. The fourth-order valence-electron chi connectivity index (χ4n) is 3.37. The molecule has 1 aromatic rings. The van der Waals surface area contributed by atoms with Gasteiger partial charge < -0.3 is 9.80 Å². The molecular formula is C18H28N2. The third kappa shape index (κ3) is 2.85. The van der Waals surface area contributed by atoms with E-state index in [-0.39, 0.29) is 5.41 Å². The van der Waals surface area contributed by atoms with Crippen molar-refractivity contribution in [1.29, 1.82) is 0 Å². The number of benzene rings is 1. The van der Waals surface area contributed by atoms with Crippen LogP contribution < -0.4 is 4.90 Å². The van der Waals surface area contributed by atoms with Crippen molar-refractivity contribution in [3.8, 4) is 0 Å². The molecule has 110 valence electrons. The van der Waals surface area contributed by atoms with Gasteiger partial charge in [0.25, 0.3) is 0 Å². The first-order valence-corrected chi connectivity index (χ1v) is 8.13. The van der Waals surface area contributed by atoms with Crippen molar-refractivity contribution < 1.29 is 0 Å². The maximum Gasteiger partial charge on any atom is 0.0366 e. The number of likely N-dealkylation sites (tertiary alicyclic amines) is 1. The minimum absolute atomic E-state index is 0.253. The highest BCUT2D eigenvalue weighted by atomic mass is 15.2. The number of nitrogens with zero attached hydrogens (tertiary/aromatic N) is 2. The highest BCUT2D eigenvalue weighted by Gasteiger charge is 2.27. The van der Waals surface area contributed by atoms with Crippen LogP contribution in [0, 0.1) is 0 Å². The smallest absolute Gasteiger partial charge is 0.0366 e. The average Bonchev–Trinajstić information content (AvgIpc) is 2.37. The molecule has 2 saturated heterocycles. The monoisotopic (exact) mass is 272 g/mol. The molecule has 20 heavy (non-hydrogen) atoms. The number of piperidine rings is 1. The minimum Gasteiger partial charge on any atom is -0.371 e. The molecule has 2 aliphatic heterocycles. The predicted octanol–water partition coefficient (Wildman–Crippen LogP) is 3.66. The zero-order valence-electron chi connectivity index (χ0n) is 13.2. The van der Waals surface area contributed by atoms with E-state index in [2.05, 4.69) is 54.8 Å².